The van der Waals surface area contributed by atoms with Gasteiger partial charge in [-0.1, -0.05) is 60.5 Å². The number of piperidine rings is 1. The van der Waals surface area contributed by atoms with Crippen molar-refractivity contribution in [1.29, 1.82) is 0 Å². The van der Waals surface area contributed by atoms with E-state index in [0.29, 0.717) is 50.0 Å². The Bertz CT molecular complexity index is 2280. The summed E-state index contributed by atoms with van der Waals surface area (Å²) in [5, 5.41) is 14.2. The number of nitrogens with zero attached hydrogens (tertiary/aromatic N) is 5. The second kappa shape index (κ2) is 17.9. The maximum absolute atomic E-state index is 17.9. The maximum atomic E-state index is 17.9. The molecule has 1 aromatic heterocycles. The molecule has 7 rings (SSSR count). The predicted molar refractivity (Wildman–Crippen MR) is 235 cm³/mol. The smallest absolute Gasteiger partial charge is 0.319 e. The van der Waals surface area contributed by atoms with E-state index in [2.05, 4.69) is 69.7 Å². The lowest BCUT2D eigenvalue weighted by molar-refractivity contribution is -0.384. The third kappa shape index (κ3) is 8.69. The van der Waals surface area contributed by atoms with Crippen molar-refractivity contribution >= 4 is 41.3 Å². The Morgan fingerprint density at radius 2 is 1.73 bits per heavy atom. The Hall–Kier alpha value is -4.42. The molecule has 0 radical (unpaired) electrons. The second-order valence-electron chi connectivity index (χ2n) is 18.1. The number of rotatable bonds is 14. The summed E-state index contributed by atoms with van der Waals surface area (Å²) in [5.41, 5.74) is 3.49. The van der Waals surface area contributed by atoms with Crippen LogP contribution in [0.4, 0.5) is 20.3 Å². The first kappa shape index (κ1) is 43.7. The highest BCUT2D eigenvalue weighted by molar-refractivity contribution is 6.90. The van der Waals surface area contributed by atoms with Gasteiger partial charge in [-0.05, 0) is 71.8 Å². The molecule has 1 unspecified atom stereocenters. The second-order valence-corrected chi connectivity index (χ2v) is 23.7. The number of methoxy groups -OCH3 is 1. The molecule has 3 aliphatic rings. The highest BCUT2D eigenvalue weighted by atomic mass is 28.3. The van der Waals surface area contributed by atoms with Crippen LogP contribution in [-0.2, 0) is 9.47 Å². The summed E-state index contributed by atoms with van der Waals surface area (Å²) < 4.78 is 57.3. The lowest BCUT2D eigenvalue weighted by atomic mass is 9.91. The topological polar surface area (TPSA) is 112 Å². The van der Waals surface area contributed by atoms with Crippen molar-refractivity contribution in [2.75, 3.05) is 71.3 Å². The molecule has 60 heavy (non-hydrogen) atoms. The minimum absolute atomic E-state index is 0.0136. The lowest BCUT2D eigenvalue weighted by Gasteiger charge is -2.38. The quantitative estimate of drug-likeness (QED) is 0.0400. The number of hydrogen-bond donors (Lipinski definition) is 0. The zero-order valence-electron chi connectivity index (χ0n) is 36.3. The molecule has 2 saturated heterocycles. The number of nitro benzene ring substituents is 1. The van der Waals surface area contributed by atoms with E-state index in [1.165, 1.54) is 25.3 Å². The third-order valence-electron chi connectivity index (χ3n) is 13.1. The number of nitro groups is 1. The standard InChI is InChI=1S/C46H59F2N5O6Si/c1-29(2)60(30(3)4,31(5)6)21-13-35-38(47)12-11-33-22-34(59-28-56-8)23-36(40(33)35)41-39(53(54)55)24-37-43(42(41)48)49-45(50-44(37)52-16-9-10-32(7)25-52)58-27-46(14-15-46)26-51-17-19-57-20-18-51/h11-12,22-24,29-32H,9-10,14-20,25-28H2,1-8H3. The van der Waals surface area contributed by atoms with Crippen LogP contribution in [0.15, 0.2) is 30.3 Å². The zero-order valence-corrected chi connectivity index (χ0v) is 37.3. The van der Waals surface area contributed by atoms with Gasteiger partial charge in [0.1, 0.15) is 31.0 Å². The van der Waals surface area contributed by atoms with Gasteiger partial charge in [-0.3, -0.25) is 15.0 Å². The molecular weight excluding hydrogens is 785 g/mol. The number of ether oxygens (including phenoxy) is 4. The van der Waals surface area contributed by atoms with Crippen molar-refractivity contribution in [3.05, 3.63) is 57.6 Å². The van der Waals surface area contributed by atoms with E-state index in [1.54, 1.807) is 12.1 Å². The molecular formula is C46H59F2N5O6Si. The van der Waals surface area contributed by atoms with E-state index in [0.717, 1.165) is 45.3 Å². The van der Waals surface area contributed by atoms with Crippen molar-refractivity contribution < 1.29 is 32.7 Å². The number of fused-ring (bicyclic) bond motifs is 2. The van der Waals surface area contributed by atoms with Gasteiger partial charge in [0.25, 0.3) is 5.69 Å². The fourth-order valence-electron chi connectivity index (χ4n) is 9.79. The molecule has 3 aromatic carbocycles. The summed E-state index contributed by atoms with van der Waals surface area (Å²) in [6.45, 7) is 20.7. The molecule has 3 heterocycles. The van der Waals surface area contributed by atoms with Gasteiger partial charge in [-0.2, -0.15) is 9.97 Å². The van der Waals surface area contributed by atoms with Crippen LogP contribution in [0.25, 0.3) is 32.8 Å². The number of morpholine rings is 1. The fourth-order valence-corrected chi connectivity index (χ4v) is 15.0. The first-order chi connectivity index (χ1) is 28.7. The number of halogens is 2. The van der Waals surface area contributed by atoms with E-state index >= 15 is 8.78 Å². The van der Waals surface area contributed by atoms with Crippen molar-refractivity contribution in [2.45, 2.75) is 90.8 Å². The maximum Gasteiger partial charge on any atom is 0.319 e. The largest absolute Gasteiger partial charge is 0.468 e. The molecule has 0 spiro atoms. The van der Waals surface area contributed by atoms with Crippen LogP contribution < -0.4 is 14.4 Å². The van der Waals surface area contributed by atoms with Gasteiger partial charge in [0.05, 0.1) is 41.3 Å². The van der Waals surface area contributed by atoms with Crippen molar-refractivity contribution in [3.8, 4) is 34.4 Å². The highest BCUT2D eigenvalue weighted by Gasteiger charge is 2.45. The summed E-state index contributed by atoms with van der Waals surface area (Å²) in [6, 6.07) is 7.48. The molecule has 14 heteroatoms. The fraction of sp³-hybridized carbons (Fsp3) is 0.565. The Morgan fingerprint density at radius 1 is 1.02 bits per heavy atom. The monoisotopic (exact) mass is 843 g/mol. The molecule has 322 valence electrons. The SMILES string of the molecule is COCOc1cc(-c2c([N+](=O)[O-])cc3c(N4CCCC(C)C4)nc(OCC4(CN5CCOCC5)CC4)nc3c2F)c2c(C#C[Si](C(C)C)(C(C)C)C(C)C)c(F)ccc2c1. The minimum atomic E-state index is -2.38. The van der Waals surface area contributed by atoms with E-state index < -0.39 is 30.3 Å². The molecule has 11 nitrogen and oxygen atoms in total. The number of aromatic nitrogens is 2. The van der Waals surface area contributed by atoms with Gasteiger partial charge in [0.2, 0.25) is 0 Å². The van der Waals surface area contributed by atoms with Crippen LogP contribution >= 0.6 is 0 Å². The molecule has 0 amide bonds. The van der Waals surface area contributed by atoms with Crippen LogP contribution in [0.1, 0.15) is 79.7 Å². The molecule has 2 aliphatic heterocycles. The number of hydrogen-bond acceptors (Lipinski definition) is 10. The highest BCUT2D eigenvalue weighted by Crippen LogP contribution is 2.48. The van der Waals surface area contributed by atoms with Crippen LogP contribution in [0.5, 0.6) is 11.8 Å². The minimum Gasteiger partial charge on any atom is -0.468 e. The molecule has 1 atom stereocenters. The summed E-state index contributed by atoms with van der Waals surface area (Å²) >= 11 is 0. The van der Waals surface area contributed by atoms with Crippen LogP contribution in [-0.4, -0.2) is 94.3 Å². The molecule has 0 N–H and O–H groups in total. The zero-order chi connectivity index (χ0) is 42.9. The molecule has 4 aromatic rings. The summed E-state index contributed by atoms with van der Waals surface area (Å²) in [4.78, 5) is 26.6. The van der Waals surface area contributed by atoms with E-state index in [1.807, 2.05) is 0 Å². The number of anilines is 1. The van der Waals surface area contributed by atoms with E-state index in [4.69, 9.17) is 28.9 Å². The van der Waals surface area contributed by atoms with Crippen LogP contribution in [0.3, 0.4) is 0 Å². The Kier molecular flexibility index (Phi) is 13.0. The van der Waals surface area contributed by atoms with Gasteiger partial charge < -0.3 is 23.8 Å². The van der Waals surface area contributed by atoms with Crippen molar-refractivity contribution in [2.24, 2.45) is 11.3 Å². The summed E-state index contributed by atoms with van der Waals surface area (Å²) in [5.74, 6) is 2.72. The van der Waals surface area contributed by atoms with Crippen molar-refractivity contribution in [1.82, 2.24) is 14.9 Å². The normalized spacial score (nSPS) is 18.4. The Balaban J connectivity index is 1.46. The first-order valence-corrected chi connectivity index (χ1v) is 23.7. The van der Waals surface area contributed by atoms with E-state index in [9.17, 15) is 10.1 Å². The predicted octanol–water partition coefficient (Wildman–Crippen LogP) is 9.92. The summed E-state index contributed by atoms with van der Waals surface area (Å²) in [7, 11) is -0.908. The summed E-state index contributed by atoms with van der Waals surface area (Å²) in [6.07, 6.45) is 3.89. The molecule has 3 fully saturated rings. The third-order valence-corrected chi connectivity index (χ3v) is 19.4. The van der Waals surface area contributed by atoms with Crippen molar-refractivity contribution in [3.63, 3.8) is 0 Å². The lowest BCUT2D eigenvalue weighted by Crippen LogP contribution is -2.43. The molecule has 1 aliphatic carbocycles. The molecule has 0 bridgehead atoms. The Labute approximate surface area is 353 Å². The van der Waals surface area contributed by atoms with E-state index in [-0.39, 0.29) is 73.6 Å². The van der Waals surface area contributed by atoms with Crippen LogP contribution in [0.2, 0.25) is 16.6 Å². The van der Waals surface area contributed by atoms with Crippen LogP contribution in [0, 0.1) is 44.5 Å². The average Bonchev–Trinajstić information content (AvgIpc) is 3.98. The molecule has 1 saturated carbocycles. The van der Waals surface area contributed by atoms with Gasteiger partial charge in [0.15, 0.2) is 12.6 Å². The average molecular weight is 844 g/mol. The number of benzene rings is 3. The van der Waals surface area contributed by atoms with Gasteiger partial charge >= 0.3 is 6.01 Å². The van der Waals surface area contributed by atoms with Gasteiger partial charge in [0, 0.05) is 62.3 Å². The van der Waals surface area contributed by atoms with Gasteiger partial charge in [-0.15, -0.1) is 5.54 Å². The Morgan fingerprint density at radius 3 is 2.37 bits per heavy atom. The van der Waals surface area contributed by atoms with Gasteiger partial charge in [-0.25, -0.2) is 8.78 Å². The first-order valence-electron chi connectivity index (χ1n) is 21.5.